The Morgan fingerprint density at radius 3 is 2.67 bits per heavy atom. The van der Waals surface area contributed by atoms with Crippen molar-refractivity contribution in [2.24, 2.45) is 10.8 Å². The Labute approximate surface area is 110 Å². The van der Waals surface area contributed by atoms with E-state index in [-0.39, 0.29) is 5.11 Å². The number of hydrogen-bond acceptors (Lipinski definition) is 4. The molecule has 1 aromatic carbocycles. The third-order valence-electron chi connectivity index (χ3n) is 2.18. The van der Waals surface area contributed by atoms with Crippen molar-refractivity contribution in [3.63, 3.8) is 0 Å². The molecule has 5 nitrogen and oxygen atoms in total. The molecule has 0 saturated heterocycles. The largest absolute Gasteiger partial charge is 0.375 e. The number of hydrogen-bond donors (Lipinski definition) is 2. The first-order valence-electron chi connectivity index (χ1n) is 5.20. The molecule has 0 bridgehead atoms. The molecule has 90 valence electrons. The second kappa shape index (κ2) is 5.83. The molecule has 2 rings (SSSR count). The van der Waals surface area contributed by atoms with E-state index in [4.69, 9.17) is 5.73 Å². The summed E-state index contributed by atoms with van der Waals surface area (Å²) in [6.07, 6.45) is 4.88. The van der Waals surface area contributed by atoms with Crippen LogP contribution in [-0.4, -0.2) is 21.3 Å². The summed E-state index contributed by atoms with van der Waals surface area (Å²) in [7, 11) is 0. The second-order valence-corrected chi connectivity index (χ2v) is 3.89. The number of nitrogens with zero attached hydrogens (tertiary/aromatic N) is 3. The first-order valence-corrected chi connectivity index (χ1v) is 5.61. The van der Waals surface area contributed by atoms with Gasteiger partial charge < -0.3 is 5.73 Å². The van der Waals surface area contributed by atoms with Gasteiger partial charge in [-0.1, -0.05) is 24.3 Å². The summed E-state index contributed by atoms with van der Waals surface area (Å²) in [6, 6.07) is 9.65. The van der Waals surface area contributed by atoms with Gasteiger partial charge in [-0.25, -0.2) is 9.97 Å². The van der Waals surface area contributed by atoms with Gasteiger partial charge in [-0.15, -0.1) is 0 Å². The molecule has 0 saturated carbocycles. The quantitative estimate of drug-likeness (QED) is 0.492. The Balaban J connectivity index is 2.11. The van der Waals surface area contributed by atoms with Gasteiger partial charge in [0.15, 0.2) is 5.11 Å². The van der Waals surface area contributed by atoms with E-state index in [1.807, 2.05) is 30.3 Å². The van der Waals surface area contributed by atoms with E-state index in [9.17, 15) is 0 Å². The summed E-state index contributed by atoms with van der Waals surface area (Å²) in [4.78, 5) is 8.05. The summed E-state index contributed by atoms with van der Waals surface area (Å²) < 4.78 is 0. The number of aromatic nitrogens is 2. The van der Waals surface area contributed by atoms with E-state index < -0.39 is 0 Å². The monoisotopic (exact) mass is 257 g/mol. The standard InChI is InChI=1S/C12H11N5S/c13-12(18)17-16-7-9-1-3-10(4-2-9)11-5-6-14-8-15-11/h1-8H,(H3,13,17,18). The van der Waals surface area contributed by atoms with E-state index in [0.29, 0.717) is 0 Å². The highest BCUT2D eigenvalue weighted by atomic mass is 32.1. The molecule has 18 heavy (non-hydrogen) atoms. The molecule has 0 unspecified atom stereocenters. The van der Waals surface area contributed by atoms with Gasteiger partial charge in [0.2, 0.25) is 0 Å². The van der Waals surface area contributed by atoms with Gasteiger partial charge in [-0.2, -0.15) is 5.10 Å². The minimum absolute atomic E-state index is 0.142. The third kappa shape index (κ3) is 3.33. The zero-order valence-electron chi connectivity index (χ0n) is 9.45. The number of nitrogens with two attached hydrogens (primary N) is 1. The number of benzene rings is 1. The van der Waals surface area contributed by atoms with Gasteiger partial charge in [0, 0.05) is 11.8 Å². The van der Waals surface area contributed by atoms with Gasteiger partial charge in [0.25, 0.3) is 0 Å². The predicted molar refractivity (Wildman–Crippen MR) is 75.0 cm³/mol. The van der Waals surface area contributed by atoms with Gasteiger partial charge in [0.1, 0.15) is 6.33 Å². The first-order chi connectivity index (χ1) is 8.75. The van der Waals surface area contributed by atoms with Gasteiger partial charge in [0.05, 0.1) is 11.9 Å². The van der Waals surface area contributed by atoms with Crippen LogP contribution < -0.4 is 11.2 Å². The van der Waals surface area contributed by atoms with Crippen LogP contribution >= 0.6 is 12.2 Å². The molecular weight excluding hydrogens is 246 g/mol. The molecule has 2 aromatic rings. The van der Waals surface area contributed by atoms with Crippen molar-refractivity contribution in [3.8, 4) is 11.3 Å². The summed E-state index contributed by atoms with van der Waals surface area (Å²) in [5, 5.41) is 4.02. The minimum atomic E-state index is 0.142. The van der Waals surface area contributed by atoms with Gasteiger partial charge in [-0.3, -0.25) is 5.43 Å². The van der Waals surface area contributed by atoms with Crippen LogP contribution in [0, 0.1) is 0 Å². The number of nitrogens with one attached hydrogen (secondary N) is 1. The molecule has 6 heteroatoms. The lowest BCUT2D eigenvalue weighted by Crippen LogP contribution is -2.23. The Morgan fingerprint density at radius 1 is 1.28 bits per heavy atom. The summed E-state index contributed by atoms with van der Waals surface area (Å²) >= 11 is 4.63. The molecule has 0 aliphatic heterocycles. The lowest BCUT2D eigenvalue weighted by atomic mass is 10.1. The average Bonchev–Trinajstić information content (AvgIpc) is 2.40. The van der Waals surface area contributed by atoms with Crippen LogP contribution in [0.1, 0.15) is 5.56 Å². The maximum atomic E-state index is 5.25. The van der Waals surface area contributed by atoms with Gasteiger partial charge in [-0.05, 0) is 23.8 Å². The molecule has 0 aliphatic rings. The minimum Gasteiger partial charge on any atom is -0.375 e. The maximum Gasteiger partial charge on any atom is 0.184 e. The van der Waals surface area contributed by atoms with E-state index in [0.717, 1.165) is 16.8 Å². The van der Waals surface area contributed by atoms with Crippen LogP contribution in [0.2, 0.25) is 0 Å². The molecule has 3 N–H and O–H groups in total. The Hall–Kier alpha value is -2.34. The Bertz CT molecular complexity index is 550. The van der Waals surface area contributed by atoms with Gasteiger partial charge >= 0.3 is 0 Å². The molecule has 0 spiro atoms. The molecule has 0 atom stereocenters. The van der Waals surface area contributed by atoms with Crippen molar-refractivity contribution in [3.05, 3.63) is 48.4 Å². The lowest BCUT2D eigenvalue weighted by molar-refractivity contribution is 1.04. The molecule has 0 fully saturated rings. The molecule has 1 heterocycles. The summed E-state index contributed by atoms with van der Waals surface area (Å²) in [6.45, 7) is 0. The number of rotatable bonds is 3. The van der Waals surface area contributed by atoms with Crippen LogP contribution in [0.5, 0.6) is 0 Å². The summed E-state index contributed by atoms with van der Waals surface area (Å²) in [5.41, 5.74) is 10.6. The summed E-state index contributed by atoms with van der Waals surface area (Å²) in [5.74, 6) is 0. The van der Waals surface area contributed by atoms with Crippen molar-refractivity contribution in [2.75, 3.05) is 0 Å². The maximum absolute atomic E-state index is 5.25. The zero-order valence-corrected chi connectivity index (χ0v) is 10.3. The van der Waals surface area contributed by atoms with E-state index in [1.165, 1.54) is 6.33 Å². The van der Waals surface area contributed by atoms with E-state index >= 15 is 0 Å². The highest BCUT2D eigenvalue weighted by Crippen LogP contribution is 2.15. The molecule has 0 radical (unpaired) electrons. The molecule has 0 amide bonds. The fourth-order valence-corrected chi connectivity index (χ4v) is 1.42. The molecule has 0 aliphatic carbocycles. The van der Waals surface area contributed by atoms with Crippen molar-refractivity contribution in [2.45, 2.75) is 0 Å². The number of thiocarbonyl (C=S) groups is 1. The highest BCUT2D eigenvalue weighted by molar-refractivity contribution is 7.80. The van der Waals surface area contributed by atoms with E-state index in [1.54, 1.807) is 12.4 Å². The van der Waals surface area contributed by atoms with Crippen LogP contribution in [0.15, 0.2) is 48.0 Å². The van der Waals surface area contributed by atoms with Crippen molar-refractivity contribution < 1.29 is 0 Å². The van der Waals surface area contributed by atoms with E-state index in [2.05, 4.69) is 32.7 Å². The Kier molecular flexibility index (Phi) is 3.93. The van der Waals surface area contributed by atoms with Crippen molar-refractivity contribution in [1.29, 1.82) is 0 Å². The van der Waals surface area contributed by atoms with Crippen LogP contribution in [0.4, 0.5) is 0 Å². The average molecular weight is 257 g/mol. The predicted octanol–water partition coefficient (Wildman–Crippen LogP) is 1.31. The highest BCUT2D eigenvalue weighted by Gasteiger charge is 1.97. The molecular formula is C12H11N5S. The Morgan fingerprint density at radius 2 is 2.06 bits per heavy atom. The normalized spacial score (nSPS) is 10.4. The topological polar surface area (TPSA) is 76.2 Å². The van der Waals surface area contributed by atoms with Crippen LogP contribution in [-0.2, 0) is 0 Å². The number of hydrazone groups is 1. The zero-order chi connectivity index (χ0) is 12.8. The third-order valence-corrected chi connectivity index (χ3v) is 2.27. The van der Waals surface area contributed by atoms with Crippen LogP contribution in [0.3, 0.4) is 0 Å². The fourth-order valence-electron chi connectivity index (χ4n) is 1.37. The lowest BCUT2D eigenvalue weighted by Gasteiger charge is -2.00. The SMILES string of the molecule is NC(=S)NN=Cc1ccc(-c2ccncn2)cc1. The fraction of sp³-hybridized carbons (Fsp3) is 0. The van der Waals surface area contributed by atoms with Crippen LogP contribution in [0.25, 0.3) is 11.3 Å². The first kappa shape index (κ1) is 12.1. The van der Waals surface area contributed by atoms with Crippen molar-refractivity contribution in [1.82, 2.24) is 15.4 Å². The smallest absolute Gasteiger partial charge is 0.184 e. The van der Waals surface area contributed by atoms with Crippen molar-refractivity contribution >= 4 is 23.5 Å². The molecule has 1 aromatic heterocycles. The second-order valence-electron chi connectivity index (χ2n) is 3.45.